The third-order valence-corrected chi connectivity index (χ3v) is 6.94. The van der Waals surface area contributed by atoms with Gasteiger partial charge in [0.05, 0.1) is 43.6 Å². The van der Waals surface area contributed by atoms with Gasteiger partial charge in [-0.2, -0.15) is 5.26 Å². The summed E-state index contributed by atoms with van der Waals surface area (Å²) in [6.07, 6.45) is 3.18. The van der Waals surface area contributed by atoms with Gasteiger partial charge in [0.15, 0.2) is 0 Å². The topological polar surface area (TPSA) is 92.1 Å². The first kappa shape index (κ1) is 23.5. The maximum atomic E-state index is 12.7. The van der Waals surface area contributed by atoms with E-state index in [-0.39, 0.29) is 17.9 Å². The van der Waals surface area contributed by atoms with E-state index in [0.29, 0.717) is 50.8 Å². The number of ether oxygens (including phenoxy) is 3. The highest BCUT2D eigenvalue weighted by molar-refractivity contribution is 5.86. The number of nitrogens with zero attached hydrogens (tertiary/aromatic N) is 3. The number of nitriles is 1. The lowest BCUT2D eigenvalue weighted by Gasteiger charge is -2.42. The number of carbonyl (C=O) groups is 2. The Morgan fingerprint density at radius 3 is 2.64 bits per heavy atom. The highest BCUT2D eigenvalue weighted by Crippen LogP contribution is 2.47. The van der Waals surface area contributed by atoms with Crippen LogP contribution in [0.15, 0.2) is 6.07 Å². The number of piperazine rings is 1. The fraction of sp³-hybridized carbons (Fsp3) is 0.640. The van der Waals surface area contributed by atoms with Gasteiger partial charge >= 0.3 is 5.97 Å². The van der Waals surface area contributed by atoms with Crippen LogP contribution < -0.4 is 4.90 Å². The van der Waals surface area contributed by atoms with Gasteiger partial charge in [0.2, 0.25) is 5.91 Å². The van der Waals surface area contributed by atoms with E-state index in [1.807, 2.05) is 0 Å². The summed E-state index contributed by atoms with van der Waals surface area (Å²) in [5, 5.41) is 10.2. The van der Waals surface area contributed by atoms with Crippen LogP contribution in [0.3, 0.4) is 0 Å². The summed E-state index contributed by atoms with van der Waals surface area (Å²) < 4.78 is 16.2. The number of amides is 1. The van der Waals surface area contributed by atoms with Crippen LogP contribution in [-0.2, 0) is 36.8 Å². The minimum Gasteiger partial charge on any atom is -0.467 e. The molecule has 0 radical (unpaired) electrons. The molecule has 2 aliphatic heterocycles. The Morgan fingerprint density at radius 1 is 1.24 bits per heavy atom. The Labute approximate surface area is 195 Å². The predicted octanol–water partition coefficient (Wildman–Crippen LogP) is 2.51. The number of anilines is 1. The lowest BCUT2D eigenvalue weighted by molar-refractivity contribution is -0.153. The first-order chi connectivity index (χ1) is 15.8. The van der Waals surface area contributed by atoms with Gasteiger partial charge in [0, 0.05) is 33.2 Å². The molecule has 3 aliphatic rings. The summed E-state index contributed by atoms with van der Waals surface area (Å²) in [6, 6.07) is 3.86. The maximum absolute atomic E-state index is 12.7. The van der Waals surface area contributed by atoms with Crippen molar-refractivity contribution in [2.45, 2.75) is 63.7 Å². The molecule has 4 rings (SSSR count). The lowest BCUT2D eigenvalue weighted by Crippen LogP contribution is -2.59. The number of hydrogen-bond acceptors (Lipinski definition) is 7. The molecular weight excluding hydrogens is 422 g/mol. The SMILES string of the molecule is COCCC(=O)N1CCN(c2cc(C3CC3)c3c(c2C#N)CC(C)(C)OC3)CC1C(=O)OC. The van der Waals surface area contributed by atoms with Crippen molar-refractivity contribution < 1.29 is 23.8 Å². The van der Waals surface area contributed by atoms with E-state index >= 15 is 0 Å². The van der Waals surface area contributed by atoms with Crippen molar-refractivity contribution in [3.8, 4) is 6.07 Å². The Balaban J connectivity index is 1.70. The fourth-order valence-corrected chi connectivity index (χ4v) is 5.00. The molecule has 0 N–H and O–H groups in total. The summed E-state index contributed by atoms with van der Waals surface area (Å²) in [5.74, 6) is -0.0716. The molecule has 8 heteroatoms. The van der Waals surface area contributed by atoms with Gasteiger partial charge in [-0.05, 0) is 55.4 Å². The Hall–Kier alpha value is -2.63. The van der Waals surface area contributed by atoms with Crippen molar-refractivity contribution >= 4 is 17.6 Å². The summed E-state index contributed by atoms with van der Waals surface area (Å²) in [4.78, 5) is 29.0. The molecule has 1 aromatic carbocycles. The first-order valence-corrected chi connectivity index (χ1v) is 11.6. The molecule has 2 heterocycles. The van der Waals surface area contributed by atoms with Crippen molar-refractivity contribution in [1.29, 1.82) is 5.26 Å². The van der Waals surface area contributed by atoms with Gasteiger partial charge < -0.3 is 24.0 Å². The molecular formula is C25H33N3O5. The molecule has 8 nitrogen and oxygen atoms in total. The van der Waals surface area contributed by atoms with E-state index in [0.717, 1.165) is 29.7 Å². The molecule has 33 heavy (non-hydrogen) atoms. The smallest absolute Gasteiger partial charge is 0.330 e. The number of benzene rings is 1. The zero-order valence-electron chi connectivity index (χ0n) is 20.0. The molecule has 0 aromatic heterocycles. The van der Waals surface area contributed by atoms with E-state index in [1.165, 1.54) is 12.7 Å². The molecule has 1 aliphatic carbocycles. The van der Waals surface area contributed by atoms with E-state index < -0.39 is 12.0 Å². The van der Waals surface area contributed by atoms with Crippen LogP contribution in [0.4, 0.5) is 5.69 Å². The normalized spacial score (nSPS) is 21.8. The quantitative estimate of drug-likeness (QED) is 0.609. The molecule has 1 saturated carbocycles. The molecule has 1 amide bonds. The summed E-state index contributed by atoms with van der Waals surface area (Å²) in [7, 11) is 2.89. The molecule has 178 valence electrons. The number of carbonyl (C=O) groups excluding carboxylic acids is 2. The average molecular weight is 456 g/mol. The molecule has 1 atom stereocenters. The second-order valence-corrected chi connectivity index (χ2v) is 9.74. The number of esters is 1. The Morgan fingerprint density at radius 2 is 2.00 bits per heavy atom. The fourth-order valence-electron chi connectivity index (χ4n) is 5.00. The minimum absolute atomic E-state index is 0.129. The van der Waals surface area contributed by atoms with Crippen molar-refractivity contribution in [1.82, 2.24) is 4.90 Å². The third-order valence-electron chi connectivity index (χ3n) is 6.94. The van der Waals surface area contributed by atoms with Crippen LogP contribution in [0, 0.1) is 11.3 Å². The van der Waals surface area contributed by atoms with Crippen molar-refractivity contribution in [3.05, 3.63) is 28.3 Å². The predicted molar refractivity (Wildman–Crippen MR) is 122 cm³/mol. The summed E-state index contributed by atoms with van der Waals surface area (Å²) >= 11 is 0. The standard InChI is InChI=1S/C25H33N3O5/c1-25(2)12-18-19(13-26)21(11-17(16-5-6-16)20(18)15-33-25)27-8-9-28(23(29)7-10-31-3)22(14-27)24(30)32-4/h11,16,22H,5-10,12,14-15H2,1-4H3. The Bertz CT molecular complexity index is 979. The molecule has 1 saturated heterocycles. The summed E-state index contributed by atoms with van der Waals surface area (Å²) in [6.45, 7) is 6.16. The van der Waals surface area contributed by atoms with Gasteiger partial charge in [0.1, 0.15) is 12.1 Å². The van der Waals surface area contributed by atoms with Gasteiger partial charge in [-0.15, -0.1) is 0 Å². The third kappa shape index (κ3) is 4.71. The largest absolute Gasteiger partial charge is 0.467 e. The highest BCUT2D eigenvalue weighted by atomic mass is 16.5. The van der Waals surface area contributed by atoms with Crippen LogP contribution in [0.2, 0.25) is 0 Å². The molecule has 0 bridgehead atoms. The van der Waals surface area contributed by atoms with Crippen LogP contribution >= 0.6 is 0 Å². The van der Waals surface area contributed by atoms with Crippen molar-refractivity contribution in [2.75, 3.05) is 45.4 Å². The van der Waals surface area contributed by atoms with E-state index in [9.17, 15) is 14.9 Å². The lowest BCUT2D eigenvalue weighted by atomic mass is 9.84. The zero-order chi connectivity index (χ0) is 23.8. The van der Waals surface area contributed by atoms with Crippen LogP contribution in [0.1, 0.15) is 61.3 Å². The maximum Gasteiger partial charge on any atom is 0.330 e. The second kappa shape index (κ2) is 9.32. The number of rotatable bonds is 6. The molecule has 2 fully saturated rings. The molecule has 1 unspecified atom stereocenters. The van der Waals surface area contributed by atoms with E-state index in [2.05, 4.69) is 30.9 Å². The van der Waals surface area contributed by atoms with E-state index in [4.69, 9.17) is 14.2 Å². The number of fused-ring (bicyclic) bond motifs is 1. The van der Waals surface area contributed by atoms with Gasteiger partial charge in [-0.1, -0.05) is 0 Å². The van der Waals surface area contributed by atoms with Crippen LogP contribution in [0.25, 0.3) is 0 Å². The second-order valence-electron chi connectivity index (χ2n) is 9.74. The van der Waals surface area contributed by atoms with Crippen LogP contribution in [-0.4, -0.2) is 68.9 Å². The zero-order valence-corrected chi connectivity index (χ0v) is 20.0. The summed E-state index contributed by atoms with van der Waals surface area (Å²) in [5.41, 5.74) is 4.68. The number of methoxy groups -OCH3 is 2. The Kier molecular flexibility index (Phi) is 6.64. The monoisotopic (exact) mass is 455 g/mol. The van der Waals surface area contributed by atoms with Crippen LogP contribution in [0.5, 0.6) is 0 Å². The molecule has 1 aromatic rings. The minimum atomic E-state index is -0.722. The highest BCUT2D eigenvalue weighted by Gasteiger charge is 2.39. The molecule has 0 spiro atoms. The van der Waals surface area contributed by atoms with Crippen molar-refractivity contribution in [2.24, 2.45) is 0 Å². The number of hydrogen-bond donors (Lipinski definition) is 0. The van der Waals surface area contributed by atoms with Gasteiger partial charge in [0.25, 0.3) is 0 Å². The van der Waals surface area contributed by atoms with Gasteiger partial charge in [-0.25, -0.2) is 4.79 Å². The first-order valence-electron chi connectivity index (χ1n) is 11.6. The van der Waals surface area contributed by atoms with Crippen molar-refractivity contribution in [3.63, 3.8) is 0 Å². The van der Waals surface area contributed by atoms with Gasteiger partial charge in [-0.3, -0.25) is 4.79 Å². The van der Waals surface area contributed by atoms with E-state index in [1.54, 1.807) is 12.0 Å². The average Bonchev–Trinajstić information content (AvgIpc) is 3.65.